The van der Waals surface area contributed by atoms with Crippen LogP contribution in [0.25, 0.3) is 0 Å². The summed E-state index contributed by atoms with van der Waals surface area (Å²) in [5.41, 5.74) is 1.63. The molecule has 2 fully saturated rings. The minimum absolute atomic E-state index is 0.182. The number of piperidine rings is 2. The molecule has 8 nitrogen and oxygen atoms in total. The molecule has 3 atom stereocenters. The molecule has 0 aromatic rings. The second-order valence-electron chi connectivity index (χ2n) is 5.00. The third kappa shape index (κ3) is 5.83. The fraction of sp³-hybridized carbons (Fsp3) is 0.833. The van der Waals surface area contributed by atoms with Crippen LogP contribution in [0.4, 0.5) is 0 Å². The normalized spacial score (nSPS) is 29.8. The lowest BCUT2D eigenvalue weighted by atomic mass is 10.0. The molecular formula is C12H23N3O5. The number of carboxylic acids is 1. The van der Waals surface area contributed by atoms with E-state index in [1.807, 2.05) is 0 Å². The van der Waals surface area contributed by atoms with Gasteiger partial charge in [0.25, 0.3) is 5.91 Å². The van der Waals surface area contributed by atoms with Gasteiger partial charge in [-0.15, -0.1) is 0 Å². The van der Waals surface area contributed by atoms with Crippen LogP contribution in [0.5, 0.6) is 0 Å². The van der Waals surface area contributed by atoms with E-state index in [0.29, 0.717) is 19.4 Å². The van der Waals surface area contributed by atoms with Crippen molar-refractivity contribution in [1.29, 1.82) is 0 Å². The molecule has 20 heavy (non-hydrogen) atoms. The number of aliphatic hydroxyl groups is 1. The maximum atomic E-state index is 10.7. The molecule has 0 radical (unpaired) electrons. The lowest BCUT2D eigenvalue weighted by Crippen LogP contribution is -2.45. The zero-order chi connectivity index (χ0) is 15.0. The lowest BCUT2D eigenvalue weighted by Gasteiger charge is -2.23. The Bertz CT molecular complexity index is 320. The fourth-order valence-corrected chi connectivity index (χ4v) is 2.24. The average Bonchev–Trinajstić information content (AvgIpc) is 2.48. The van der Waals surface area contributed by atoms with Crippen molar-refractivity contribution in [1.82, 2.24) is 16.1 Å². The number of hydroxylamine groups is 1. The third-order valence-electron chi connectivity index (χ3n) is 3.41. The predicted molar refractivity (Wildman–Crippen MR) is 70.2 cm³/mol. The monoisotopic (exact) mass is 289 g/mol. The topological polar surface area (TPSA) is 131 Å². The molecule has 0 aromatic carbocycles. The molecule has 2 saturated heterocycles. The largest absolute Gasteiger partial charge is 0.480 e. The van der Waals surface area contributed by atoms with Crippen LogP contribution in [0.15, 0.2) is 0 Å². The smallest absolute Gasteiger partial charge is 0.320 e. The van der Waals surface area contributed by atoms with E-state index in [9.17, 15) is 9.59 Å². The number of rotatable bonds is 2. The quantitative estimate of drug-likeness (QED) is 0.278. The Morgan fingerprint density at radius 1 is 1.05 bits per heavy atom. The number of nitrogens with one attached hydrogen (secondary N) is 3. The SMILES string of the molecule is O=C(NO)C1CCCCN1.O=C(O)C1CC(O)CCN1. The van der Waals surface area contributed by atoms with E-state index in [4.69, 9.17) is 15.4 Å². The summed E-state index contributed by atoms with van der Waals surface area (Å²) in [4.78, 5) is 21.1. The highest BCUT2D eigenvalue weighted by atomic mass is 16.5. The summed E-state index contributed by atoms with van der Waals surface area (Å²) in [6, 6.07) is -0.734. The average molecular weight is 289 g/mol. The van der Waals surface area contributed by atoms with Gasteiger partial charge in [-0.25, -0.2) is 5.48 Å². The van der Waals surface area contributed by atoms with Crippen molar-refractivity contribution >= 4 is 11.9 Å². The number of aliphatic carboxylic acids is 1. The molecule has 2 heterocycles. The van der Waals surface area contributed by atoms with Gasteiger partial charge in [0, 0.05) is 0 Å². The third-order valence-corrected chi connectivity index (χ3v) is 3.41. The number of aliphatic hydroxyl groups excluding tert-OH is 1. The molecule has 0 bridgehead atoms. The molecule has 3 unspecified atom stereocenters. The number of carbonyl (C=O) groups excluding carboxylic acids is 1. The van der Waals surface area contributed by atoms with E-state index >= 15 is 0 Å². The van der Waals surface area contributed by atoms with Crippen LogP contribution in [-0.2, 0) is 9.59 Å². The Morgan fingerprint density at radius 2 is 1.75 bits per heavy atom. The fourth-order valence-electron chi connectivity index (χ4n) is 2.24. The summed E-state index contributed by atoms with van der Waals surface area (Å²) >= 11 is 0. The van der Waals surface area contributed by atoms with Crippen LogP contribution in [-0.4, -0.2) is 58.6 Å². The van der Waals surface area contributed by atoms with Gasteiger partial charge in [-0.3, -0.25) is 14.8 Å². The molecule has 8 heteroatoms. The van der Waals surface area contributed by atoms with Gasteiger partial charge >= 0.3 is 5.97 Å². The molecule has 116 valence electrons. The highest BCUT2D eigenvalue weighted by Crippen LogP contribution is 2.07. The molecule has 0 saturated carbocycles. The van der Waals surface area contributed by atoms with E-state index in [-0.39, 0.29) is 11.9 Å². The maximum absolute atomic E-state index is 10.7. The highest BCUT2D eigenvalue weighted by Gasteiger charge is 2.24. The number of hydrogen-bond acceptors (Lipinski definition) is 6. The van der Waals surface area contributed by atoms with Crippen molar-refractivity contribution in [2.24, 2.45) is 0 Å². The Morgan fingerprint density at radius 3 is 2.20 bits per heavy atom. The van der Waals surface area contributed by atoms with Crippen molar-refractivity contribution < 1.29 is 25.0 Å². The first-order valence-corrected chi connectivity index (χ1v) is 6.86. The number of carbonyl (C=O) groups is 2. The summed E-state index contributed by atoms with van der Waals surface area (Å²) < 4.78 is 0. The Balaban J connectivity index is 0.000000200. The molecule has 0 aromatic heterocycles. The second-order valence-corrected chi connectivity index (χ2v) is 5.00. The van der Waals surface area contributed by atoms with Gasteiger partial charge in [-0.2, -0.15) is 0 Å². The van der Waals surface area contributed by atoms with Crippen LogP contribution >= 0.6 is 0 Å². The molecule has 2 rings (SSSR count). The van der Waals surface area contributed by atoms with E-state index in [2.05, 4.69) is 10.6 Å². The summed E-state index contributed by atoms with van der Waals surface area (Å²) in [6.45, 7) is 1.47. The van der Waals surface area contributed by atoms with E-state index in [1.54, 1.807) is 5.48 Å². The van der Waals surface area contributed by atoms with Crippen LogP contribution in [0, 0.1) is 0 Å². The zero-order valence-electron chi connectivity index (χ0n) is 11.3. The van der Waals surface area contributed by atoms with Gasteiger partial charge in [0.2, 0.25) is 0 Å². The summed E-state index contributed by atoms with van der Waals surface area (Å²) in [5.74, 6) is -1.20. The van der Waals surface area contributed by atoms with Crippen LogP contribution < -0.4 is 16.1 Å². The van der Waals surface area contributed by atoms with Crippen molar-refractivity contribution in [3.05, 3.63) is 0 Å². The minimum atomic E-state index is -0.876. The molecule has 0 aliphatic carbocycles. The van der Waals surface area contributed by atoms with E-state index < -0.39 is 18.1 Å². The van der Waals surface area contributed by atoms with Crippen LogP contribution in [0.3, 0.4) is 0 Å². The van der Waals surface area contributed by atoms with Gasteiger partial charge in [0.1, 0.15) is 6.04 Å². The van der Waals surface area contributed by atoms with Crippen molar-refractivity contribution in [2.75, 3.05) is 13.1 Å². The van der Waals surface area contributed by atoms with E-state index in [0.717, 1.165) is 25.8 Å². The standard InChI is InChI=1S/C6H12N2O2.C6H11NO3/c9-6(8-10)5-3-1-2-4-7-5;8-4-1-2-7-5(3-4)6(9)10/h5,7,10H,1-4H2,(H,8,9);4-5,7-8H,1-3H2,(H,9,10). The first kappa shape index (κ1) is 16.8. The van der Waals surface area contributed by atoms with Gasteiger partial charge < -0.3 is 20.8 Å². The van der Waals surface area contributed by atoms with Crippen LogP contribution in [0.1, 0.15) is 32.1 Å². The van der Waals surface area contributed by atoms with Crippen molar-refractivity contribution in [3.63, 3.8) is 0 Å². The summed E-state index contributed by atoms with van der Waals surface area (Å²) in [6.07, 6.45) is 3.55. The Hall–Kier alpha value is -1.22. The Kier molecular flexibility index (Phi) is 7.45. The minimum Gasteiger partial charge on any atom is -0.480 e. The second kappa shape index (κ2) is 8.85. The predicted octanol–water partition coefficient (Wildman–Crippen LogP) is -1.18. The molecule has 6 N–H and O–H groups in total. The van der Waals surface area contributed by atoms with Crippen molar-refractivity contribution in [3.8, 4) is 0 Å². The summed E-state index contributed by atoms with van der Waals surface area (Å²) in [7, 11) is 0. The van der Waals surface area contributed by atoms with Gasteiger partial charge in [0.15, 0.2) is 0 Å². The van der Waals surface area contributed by atoms with Crippen LogP contribution in [0.2, 0.25) is 0 Å². The number of carboxylic acid groups (broad SMARTS) is 1. The van der Waals surface area contributed by atoms with E-state index in [1.165, 1.54) is 0 Å². The van der Waals surface area contributed by atoms with Crippen molar-refractivity contribution in [2.45, 2.75) is 50.3 Å². The zero-order valence-corrected chi connectivity index (χ0v) is 11.3. The highest BCUT2D eigenvalue weighted by molar-refractivity contribution is 5.80. The molecule has 2 aliphatic heterocycles. The molecule has 2 aliphatic rings. The van der Waals surface area contributed by atoms with Gasteiger partial charge in [-0.05, 0) is 38.8 Å². The number of hydrogen-bond donors (Lipinski definition) is 6. The molecule has 0 spiro atoms. The first-order chi connectivity index (χ1) is 9.54. The number of amides is 1. The first-order valence-electron chi connectivity index (χ1n) is 6.86. The maximum Gasteiger partial charge on any atom is 0.320 e. The summed E-state index contributed by atoms with van der Waals surface area (Å²) in [5, 5.41) is 31.5. The Labute approximate surface area is 117 Å². The molecular weight excluding hydrogens is 266 g/mol. The lowest BCUT2D eigenvalue weighted by molar-refractivity contribution is -0.141. The molecule has 1 amide bonds. The van der Waals surface area contributed by atoms with Gasteiger partial charge in [0.05, 0.1) is 12.1 Å². The van der Waals surface area contributed by atoms with Gasteiger partial charge in [-0.1, -0.05) is 6.42 Å².